The first-order chi connectivity index (χ1) is 12.5. The second-order valence-corrected chi connectivity index (χ2v) is 7.45. The van der Waals surface area contributed by atoms with Gasteiger partial charge in [-0.2, -0.15) is 0 Å². The number of nitrogens with one attached hydrogen (secondary N) is 2. The second-order valence-electron chi connectivity index (χ2n) is 5.35. The highest BCUT2D eigenvalue weighted by atomic mass is 32.2. The normalized spacial score (nSPS) is 19.0. The number of carboxylic acids is 2. The van der Waals surface area contributed by atoms with E-state index in [9.17, 15) is 9.59 Å². The Morgan fingerprint density at radius 2 is 1.96 bits per heavy atom. The fraction of sp³-hybridized carbons (Fsp3) is 0.438. The van der Waals surface area contributed by atoms with Crippen LogP contribution in [-0.4, -0.2) is 70.3 Å². The molecule has 1 fully saturated rings. The summed E-state index contributed by atoms with van der Waals surface area (Å²) in [5, 5.41) is 26.9. The molecule has 4 N–H and O–H groups in total. The lowest BCUT2D eigenvalue weighted by Gasteiger charge is -2.34. The predicted octanol–water partition coefficient (Wildman–Crippen LogP) is 1.57. The van der Waals surface area contributed by atoms with E-state index < -0.39 is 11.9 Å². The first-order valence-corrected chi connectivity index (χ1v) is 10.1. The molecule has 0 saturated carbocycles. The molecule has 1 atom stereocenters. The molecular formula is C16H22N4O4S2. The van der Waals surface area contributed by atoms with Crippen molar-refractivity contribution in [2.24, 2.45) is 4.99 Å². The molecule has 3 rings (SSSR count). The van der Waals surface area contributed by atoms with Gasteiger partial charge in [0.15, 0.2) is 5.50 Å². The number of fused-ring (bicyclic) bond motifs is 1. The number of aliphatic carboxylic acids is 2. The Morgan fingerprint density at radius 3 is 2.54 bits per heavy atom. The highest BCUT2D eigenvalue weighted by Crippen LogP contribution is 2.31. The lowest BCUT2D eigenvalue weighted by Crippen LogP contribution is -2.48. The number of rotatable bonds is 4. The standard InChI is InChI=1S/C12H18N4S2.C4H4O4/c1-2-18-12-14-10-8-17-7-9(10)11(15-12)16-5-3-13-4-6-16;5-3(6)1-2-4(7)8/h7-8,12-14H,2-6H2,1H3;1-2H,(H,5,6)(H,7,8). The third-order valence-electron chi connectivity index (χ3n) is 3.53. The van der Waals surface area contributed by atoms with Gasteiger partial charge in [0.05, 0.1) is 11.3 Å². The van der Waals surface area contributed by atoms with E-state index in [1.807, 2.05) is 11.8 Å². The third-order valence-corrected chi connectivity index (χ3v) is 5.15. The average Bonchev–Trinajstić information content (AvgIpc) is 3.09. The van der Waals surface area contributed by atoms with Gasteiger partial charge >= 0.3 is 11.9 Å². The molecule has 1 aromatic heterocycles. The van der Waals surface area contributed by atoms with Crippen LogP contribution in [0.25, 0.3) is 0 Å². The van der Waals surface area contributed by atoms with Crippen LogP contribution in [-0.2, 0) is 9.59 Å². The van der Waals surface area contributed by atoms with E-state index in [4.69, 9.17) is 15.2 Å². The molecule has 1 unspecified atom stereocenters. The van der Waals surface area contributed by atoms with Gasteiger partial charge < -0.3 is 25.7 Å². The first-order valence-electron chi connectivity index (χ1n) is 8.13. The van der Waals surface area contributed by atoms with E-state index in [2.05, 4.69) is 33.2 Å². The summed E-state index contributed by atoms with van der Waals surface area (Å²) >= 11 is 3.60. The first kappa shape index (κ1) is 20.3. The monoisotopic (exact) mass is 398 g/mol. The van der Waals surface area contributed by atoms with Gasteiger partial charge in [-0.1, -0.05) is 6.92 Å². The summed E-state index contributed by atoms with van der Waals surface area (Å²) in [4.78, 5) is 26.4. The Hall–Kier alpha value is -2.04. The predicted molar refractivity (Wildman–Crippen MR) is 105 cm³/mol. The molecule has 26 heavy (non-hydrogen) atoms. The molecule has 0 aromatic carbocycles. The van der Waals surface area contributed by atoms with Gasteiger partial charge in [-0.05, 0) is 5.75 Å². The van der Waals surface area contributed by atoms with Crippen molar-refractivity contribution in [3.8, 4) is 0 Å². The van der Waals surface area contributed by atoms with Crippen molar-refractivity contribution in [1.29, 1.82) is 0 Å². The maximum absolute atomic E-state index is 9.55. The van der Waals surface area contributed by atoms with Crippen LogP contribution in [0, 0.1) is 0 Å². The van der Waals surface area contributed by atoms with Crippen LogP contribution in [0.2, 0.25) is 0 Å². The van der Waals surface area contributed by atoms with Gasteiger partial charge in [0, 0.05) is 49.1 Å². The maximum atomic E-state index is 9.55. The Morgan fingerprint density at radius 1 is 1.31 bits per heavy atom. The second kappa shape index (κ2) is 10.2. The number of amidine groups is 1. The number of hydrogen-bond donors (Lipinski definition) is 4. The zero-order valence-corrected chi connectivity index (χ0v) is 16.0. The summed E-state index contributed by atoms with van der Waals surface area (Å²) in [6.07, 6.45) is 1.12. The molecule has 3 heterocycles. The summed E-state index contributed by atoms with van der Waals surface area (Å²) in [5.74, 6) is -0.257. The van der Waals surface area contributed by atoms with Crippen molar-refractivity contribution in [1.82, 2.24) is 10.2 Å². The summed E-state index contributed by atoms with van der Waals surface area (Å²) in [6, 6.07) is 0. The van der Waals surface area contributed by atoms with Crippen LogP contribution < -0.4 is 10.6 Å². The number of carbonyl (C=O) groups is 2. The van der Waals surface area contributed by atoms with Crippen molar-refractivity contribution in [2.75, 3.05) is 37.2 Å². The van der Waals surface area contributed by atoms with E-state index in [0.717, 1.165) is 31.9 Å². The smallest absolute Gasteiger partial charge is 0.328 e. The number of anilines is 1. The number of piperazine rings is 1. The molecule has 0 spiro atoms. The van der Waals surface area contributed by atoms with Crippen LogP contribution in [0.1, 0.15) is 12.5 Å². The van der Waals surface area contributed by atoms with Crippen LogP contribution >= 0.6 is 23.1 Å². The Balaban J connectivity index is 0.000000260. The molecule has 2 aliphatic heterocycles. The molecule has 2 aliphatic rings. The Kier molecular flexibility index (Phi) is 7.95. The number of thiophene rings is 1. The van der Waals surface area contributed by atoms with Crippen molar-refractivity contribution in [2.45, 2.75) is 12.4 Å². The van der Waals surface area contributed by atoms with E-state index in [-0.39, 0.29) is 5.50 Å². The van der Waals surface area contributed by atoms with Gasteiger partial charge in [0.25, 0.3) is 0 Å². The van der Waals surface area contributed by atoms with E-state index in [0.29, 0.717) is 12.2 Å². The molecule has 1 saturated heterocycles. The van der Waals surface area contributed by atoms with Crippen LogP contribution in [0.4, 0.5) is 5.69 Å². The summed E-state index contributed by atoms with van der Waals surface area (Å²) in [5.41, 5.74) is 2.69. The largest absolute Gasteiger partial charge is 0.478 e. The third kappa shape index (κ3) is 6.04. The number of hydrogen-bond acceptors (Lipinski definition) is 8. The van der Waals surface area contributed by atoms with Gasteiger partial charge in [-0.25, -0.2) is 14.6 Å². The molecule has 10 heteroatoms. The van der Waals surface area contributed by atoms with E-state index in [1.54, 1.807) is 11.3 Å². The molecule has 0 radical (unpaired) electrons. The topological polar surface area (TPSA) is 114 Å². The minimum atomic E-state index is -1.26. The Bertz CT molecular complexity index is 668. The van der Waals surface area contributed by atoms with Crippen molar-refractivity contribution >= 4 is 46.6 Å². The van der Waals surface area contributed by atoms with Gasteiger partial charge in [0.2, 0.25) is 0 Å². The highest BCUT2D eigenvalue weighted by molar-refractivity contribution is 7.99. The quantitative estimate of drug-likeness (QED) is 0.565. The number of carboxylic acid groups (broad SMARTS) is 2. The summed E-state index contributed by atoms with van der Waals surface area (Å²) in [7, 11) is 0. The SMILES string of the molecule is CCSC1N=C(N2CCNCC2)c2cscc2N1.O=C(O)C=CC(=O)O. The maximum Gasteiger partial charge on any atom is 0.328 e. The number of aliphatic imine (C=N–C) groups is 1. The molecule has 0 aliphatic carbocycles. The minimum Gasteiger partial charge on any atom is -0.478 e. The van der Waals surface area contributed by atoms with Gasteiger partial charge in [0.1, 0.15) is 5.84 Å². The fourth-order valence-corrected chi connectivity index (χ4v) is 3.90. The lowest BCUT2D eigenvalue weighted by atomic mass is 10.2. The van der Waals surface area contributed by atoms with E-state index in [1.165, 1.54) is 17.1 Å². The van der Waals surface area contributed by atoms with Crippen molar-refractivity contribution in [3.63, 3.8) is 0 Å². The summed E-state index contributed by atoms with van der Waals surface area (Å²) < 4.78 is 0. The molecular weight excluding hydrogens is 376 g/mol. The van der Waals surface area contributed by atoms with Crippen molar-refractivity contribution < 1.29 is 19.8 Å². The zero-order valence-electron chi connectivity index (χ0n) is 14.3. The molecule has 8 nitrogen and oxygen atoms in total. The highest BCUT2D eigenvalue weighted by Gasteiger charge is 2.25. The van der Waals surface area contributed by atoms with Crippen LogP contribution in [0.3, 0.4) is 0 Å². The number of thioether (sulfide) groups is 1. The lowest BCUT2D eigenvalue weighted by molar-refractivity contribution is -0.134. The molecule has 0 bridgehead atoms. The van der Waals surface area contributed by atoms with E-state index >= 15 is 0 Å². The number of nitrogens with zero attached hydrogens (tertiary/aromatic N) is 2. The molecule has 142 valence electrons. The summed E-state index contributed by atoms with van der Waals surface area (Å²) in [6.45, 7) is 6.39. The van der Waals surface area contributed by atoms with Crippen LogP contribution in [0.15, 0.2) is 27.9 Å². The molecule has 1 aromatic rings. The van der Waals surface area contributed by atoms with Crippen molar-refractivity contribution in [3.05, 3.63) is 28.5 Å². The Labute approximate surface area is 160 Å². The molecule has 0 amide bonds. The minimum absolute atomic E-state index is 0.169. The fourth-order valence-electron chi connectivity index (χ4n) is 2.44. The van der Waals surface area contributed by atoms with Gasteiger partial charge in [-0.3, -0.25) is 0 Å². The zero-order chi connectivity index (χ0) is 18.9. The van der Waals surface area contributed by atoms with Crippen LogP contribution in [0.5, 0.6) is 0 Å². The van der Waals surface area contributed by atoms with Gasteiger partial charge in [-0.15, -0.1) is 23.1 Å². The average molecular weight is 399 g/mol.